The smallest absolute Gasteiger partial charge is 0.254 e. The van der Waals surface area contributed by atoms with Gasteiger partial charge in [-0.3, -0.25) is 14.3 Å². The second-order valence-corrected chi connectivity index (χ2v) is 7.90. The lowest BCUT2D eigenvalue weighted by atomic mass is 10.1. The van der Waals surface area contributed by atoms with Gasteiger partial charge in [0.15, 0.2) is 0 Å². The molecular formula is C21H27N5O3. The van der Waals surface area contributed by atoms with Gasteiger partial charge in [-0.1, -0.05) is 0 Å². The van der Waals surface area contributed by atoms with Crippen molar-refractivity contribution in [3.8, 4) is 5.75 Å². The third-order valence-corrected chi connectivity index (χ3v) is 5.77. The van der Waals surface area contributed by atoms with Crippen LogP contribution in [0, 0.1) is 5.92 Å². The minimum atomic E-state index is -0.0825. The molecule has 2 amide bonds. The molecule has 2 heterocycles. The maximum Gasteiger partial charge on any atom is 0.254 e. The molecule has 0 radical (unpaired) electrons. The second-order valence-electron chi connectivity index (χ2n) is 7.90. The first-order chi connectivity index (χ1) is 14.0. The predicted octanol–water partition coefficient (Wildman–Crippen LogP) is 1.56. The molecule has 2 atom stereocenters. The Morgan fingerprint density at radius 2 is 1.93 bits per heavy atom. The molecule has 29 heavy (non-hydrogen) atoms. The summed E-state index contributed by atoms with van der Waals surface area (Å²) in [4.78, 5) is 29.7. The van der Waals surface area contributed by atoms with E-state index in [9.17, 15) is 9.59 Å². The molecule has 0 spiro atoms. The number of carbonyl (C=O) groups excluding carboxylic acids is 2. The Morgan fingerprint density at radius 1 is 1.17 bits per heavy atom. The van der Waals surface area contributed by atoms with E-state index in [2.05, 4.69) is 22.4 Å². The first-order valence-corrected chi connectivity index (χ1v) is 9.91. The summed E-state index contributed by atoms with van der Waals surface area (Å²) in [6, 6.07) is 5.22. The third-order valence-electron chi connectivity index (χ3n) is 5.77. The maximum atomic E-state index is 12.9. The second kappa shape index (κ2) is 7.87. The molecule has 2 aromatic rings. The van der Waals surface area contributed by atoms with E-state index >= 15 is 0 Å². The van der Waals surface area contributed by atoms with Crippen LogP contribution in [0.4, 0.5) is 5.69 Å². The van der Waals surface area contributed by atoms with Gasteiger partial charge in [0.25, 0.3) is 5.91 Å². The van der Waals surface area contributed by atoms with E-state index in [0.717, 1.165) is 25.1 Å². The molecule has 4 rings (SSSR count). The third kappa shape index (κ3) is 4.12. The van der Waals surface area contributed by atoms with E-state index in [-0.39, 0.29) is 23.7 Å². The number of piperazine rings is 1. The molecule has 8 heteroatoms. The Bertz CT molecular complexity index is 917. The summed E-state index contributed by atoms with van der Waals surface area (Å²) in [6.07, 6.45) is 4.57. The van der Waals surface area contributed by atoms with Gasteiger partial charge in [0.05, 0.1) is 19.0 Å². The normalized spacial score (nSPS) is 21.7. The molecule has 1 saturated heterocycles. The standard InChI is InChI=1S/C21H27N5O3/c1-24-6-8-26(9-7-24)21(28)14-4-5-19(29-3)18(10-14)23-20(27)17-11-16(17)15-12-22-25(2)13-15/h4-5,10,12-13,16-17H,6-9,11H2,1-3H3,(H,23,27)/t16-,17+/m0/s1. The highest BCUT2D eigenvalue weighted by molar-refractivity contribution is 6.00. The van der Waals surface area contributed by atoms with Gasteiger partial charge in [0.1, 0.15) is 5.75 Å². The molecule has 0 bridgehead atoms. The summed E-state index contributed by atoms with van der Waals surface area (Å²) in [5, 5.41) is 7.15. The van der Waals surface area contributed by atoms with Crippen molar-refractivity contribution in [3.63, 3.8) is 0 Å². The highest BCUT2D eigenvalue weighted by Gasteiger charge is 2.44. The van der Waals surface area contributed by atoms with Gasteiger partial charge in [0, 0.05) is 50.9 Å². The number of benzene rings is 1. The number of hydrogen-bond acceptors (Lipinski definition) is 5. The fourth-order valence-electron chi connectivity index (χ4n) is 3.84. The fraction of sp³-hybridized carbons (Fsp3) is 0.476. The Morgan fingerprint density at radius 3 is 2.59 bits per heavy atom. The summed E-state index contributed by atoms with van der Waals surface area (Å²) in [5.74, 6) is 0.592. The van der Waals surface area contributed by atoms with Crippen LogP contribution in [0.1, 0.15) is 28.3 Å². The summed E-state index contributed by atoms with van der Waals surface area (Å²) >= 11 is 0. The van der Waals surface area contributed by atoms with Crippen LogP contribution >= 0.6 is 0 Å². The van der Waals surface area contributed by atoms with Crippen molar-refractivity contribution in [1.82, 2.24) is 19.6 Å². The van der Waals surface area contributed by atoms with Crippen LogP contribution in [0.3, 0.4) is 0 Å². The van der Waals surface area contributed by atoms with Gasteiger partial charge >= 0.3 is 0 Å². The van der Waals surface area contributed by atoms with Gasteiger partial charge in [-0.25, -0.2) is 0 Å². The highest BCUT2D eigenvalue weighted by Crippen LogP contribution is 2.48. The van der Waals surface area contributed by atoms with Gasteiger partial charge in [0.2, 0.25) is 5.91 Å². The van der Waals surface area contributed by atoms with Crippen LogP contribution in [0.25, 0.3) is 0 Å². The van der Waals surface area contributed by atoms with Crippen LogP contribution in [-0.2, 0) is 11.8 Å². The minimum absolute atomic E-state index is 0.0177. The number of ether oxygens (including phenoxy) is 1. The molecule has 154 valence electrons. The number of aromatic nitrogens is 2. The van der Waals surface area contributed by atoms with Crippen molar-refractivity contribution >= 4 is 17.5 Å². The predicted molar refractivity (Wildman–Crippen MR) is 109 cm³/mol. The van der Waals surface area contributed by atoms with E-state index in [1.807, 2.05) is 24.3 Å². The molecule has 1 aliphatic heterocycles. The Balaban J connectivity index is 1.46. The molecule has 1 aromatic heterocycles. The van der Waals surface area contributed by atoms with E-state index in [1.54, 1.807) is 30.0 Å². The van der Waals surface area contributed by atoms with Crippen molar-refractivity contribution < 1.29 is 14.3 Å². The highest BCUT2D eigenvalue weighted by atomic mass is 16.5. The molecule has 0 unspecified atom stereocenters. The average Bonchev–Trinajstić information content (AvgIpc) is 3.41. The topological polar surface area (TPSA) is 79.7 Å². The SMILES string of the molecule is COc1ccc(C(=O)N2CCN(C)CC2)cc1NC(=O)[C@@H]1C[C@H]1c1cnn(C)c1. The summed E-state index contributed by atoms with van der Waals surface area (Å²) < 4.78 is 7.14. The van der Waals surface area contributed by atoms with E-state index in [0.29, 0.717) is 30.1 Å². The Kier molecular flexibility index (Phi) is 5.27. The number of likely N-dealkylation sites (N-methyl/N-ethyl adjacent to an activating group) is 1. The number of hydrogen-bond donors (Lipinski definition) is 1. The number of amides is 2. The fourth-order valence-corrected chi connectivity index (χ4v) is 3.84. The van der Waals surface area contributed by atoms with Gasteiger partial charge < -0.3 is 19.9 Å². The van der Waals surface area contributed by atoms with E-state index in [1.165, 1.54) is 0 Å². The summed E-state index contributed by atoms with van der Waals surface area (Å²) in [6.45, 7) is 3.14. The molecule has 1 aromatic carbocycles. The molecule has 1 aliphatic carbocycles. The van der Waals surface area contributed by atoms with Crippen molar-refractivity contribution in [2.24, 2.45) is 13.0 Å². The molecule has 2 aliphatic rings. The van der Waals surface area contributed by atoms with Crippen LogP contribution in [0.15, 0.2) is 30.6 Å². The lowest BCUT2D eigenvalue weighted by molar-refractivity contribution is -0.117. The van der Waals surface area contributed by atoms with Crippen molar-refractivity contribution in [2.45, 2.75) is 12.3 Å². The number of carbonyl (C=O) groups is 2. The van der Waals surface area contributed by atoms with Gasteiger partial charge in [-0.05, 0) is 43.1 Å². The van der Waals surface area contributed by atoms with E-state index < -0.39 is 0 Å². The van der Waals surface area contributed by atoms with Gasteiger partial charge in [-0.15, -0.1) is 0 Å². The zero-order valence-corrected chi connectivity index (χ0v) is 17.1. The van der Waals surface area contributed by atoms with E-state index in [4.69, 9.17) is 4.74 Å². The summed E-state index contributed by atoms with van der Waals surface area (Å²) in [7, 11) is 5.48. The monoisotopic (exact) mass is 397 g/mol. The number of rotatable bonds is 5. The zero-order valence-electron chi connectivity index (χ0n) is 17.1. The largest absolute Gasteiger partial charge is 0.495 e. The molecular weight excluding hydrogens is 370 g/mol. The van der Waals surface area contributed by atoms with Crippen LogP contribution in [0.2, 0.25) is 0 Å². The van der Waals surface area contributed by atoms with Crippen molar-refractivity contribution in [3.05, 3.63) is 41.7 Å². The minimum Gasteiger partial charge on any atom is -0.495 e. The number of anilines is 1. The number of aryl methyl sites for hydroxylation is 1. The summed E-state index contributed by atoms with van der Waals surface area (Å²) in [5.41, 5.74) is 2.18. The molecule has 1 N–H and O–H groups in total. The maximum absolute atomic E-state index is 12.9. The number of methoxy groups -OCH3 is 1. The first-order valence-electron chi connectivity index (χ1n) is 9.91. The van der Waals surface area contributed by atoms with Crippen molar-refractivity contribution in [2.75, 3.05) is 45.7 Å². The molecule has 2 fully saturated rings. The number of nitrogens with zero attached hydrogens (tertiary/aromatic N) is 4. The molecule has 8 nitrogen and oxygen atoms in total. The van der Waals surface area contributed by atoms with Crippen LogP contribution in [-0.4, -0.2) is 71.7 Å². The van der Waals surface area contributed by atoms with Crippen LogP contribution in [0.5, 0.6) is 5.75 Å². The number of nitrogens with one attached hydrogen (secondary N) is 1. The Labute approximate surface area is 170 Å². The molecule has 1 saturated carbocycles. The van der Waals surface area contributed by atoms with Crippen LogP contribution < -0.4 is 10.1 Å². The lowest BCUT2D eigenvalue weighted by Gasteiger charge is -2.32. The first kappa shape index (κ1) is 19.4. The average molecular weight is 397 g/mol. The lowest BCUT2D eigenvalue weighted by Crippen LogP contribution is -2.47. The Hall–Kier alpha value is -2.87. The zero-order chi connectivity index (χ0) is 20.5. The quantitative estimate of drug-likeness (QED) is 0.828. The van der Waals surface area contributed by atoms with Gasteiger partial charge in [-0.2, -0.15) is 5.10 Å². The van der Waals surface area contributed by atoms with Crippen molar-refractivity contribution in [1.29, 1.82) is 0 Å².